The molecule has 0 radical (unpaired) electrons. The van der Waals surface area contributed by atoms with Crippen LogP contribution in [0.2, 0.25) is 0 Å². The third kappa shape index (κ3) is 4.53. The van der Waals surface area contributed by atoms with Gasteiger partial charge in [-0.25, -0.2) is 14.4 Å². The van der Waals surface area contributed by atoms with Crippen molar-refractivity contribution in [3.63, 3.8) is 0 Å². The molecule has 1 amide bonds. The molecule has 1 aliphatic rings. The lowest BCUT2D eigenvalue weighted by Gasteiger charge is -2.35. The summed E-state index contributed by atoms with van der Waals surface area (Å²) in [4.78, 5) is 35.2. The molecule has 11 heteroatoms. The van der Waals surface area contributed by atoms with E-state index >= 15 is 0 Å². The fourth-order valence-corrected chi connectivity index (χ4v) is 4.29. The Hall–Kier alpha value is -3.86. The van der Waals surface area contributed by atoms with Crippen LogP contribution in [0.3, 0.4) is 0 Å². The highest BCUT2D eigenvalue weighted by molar-refractivity contribution is 7.13. The molecule has 1 aromatic carbocycles. The Morgan fingerprint density at radius 3 is 2.61 bits per heavy atom. The summed E-state index contributed by atoms with van der Waals surface area (Å²) in [7, 11) is 0. The summed E-state index contributed by atoms with van der Waals surface area (Å²) in [5, 5.41) is 1.98. The molecule has 3 aromatic heterocycles. The van der Waals surface area contributed by atoms with E-state index in [4.69, 9.17) is 15.5 Å². The van der Waals surface area contributed by atoms with Crippen molar-refractivity contribution in [3.05, 3.63) is 53.8 Å². The number of rotatable bonds is 5. The maximum absolute atomic E-state index is 13.0. The number of thiophene rings is 1. The molecule has 33 heavy (non-hydrogen) atoms. The van der Waals surface area contributed by atoms with E-state index in [0.717, 1.165) is 10.6 Å². The number of halogens is 1. The number of aromatic nitrogens is 4. The number of amides is 1. The first kappa shape index (κ1) is 21.0. The van der Waals surface area contributed by atoms with Gasteiger partial charge in [0, 0.05) is 26.2 Å². The summed E-state index contributed by atoms with van der Waals surface area (Å²) in [6.07, 6.45) is 1.68. The van der Waals surface area contributed by atoms with E-state index in [1.54, 1.807) is 22.4 Å². The molecule has 1 aliphatic heterocycles. The average Bonchev–Trinajstić information content (AvgIpc) is 3.38. The molecule has 168 valence electrons. The lowest BCUT2D eigenvalue weighted by molar-refractivity contribution is -0.133. The Balaban J connectivity index is 1.29. The smallest absolute Gasteiger partial charge is 0.260 e. The van der Waals surface area contributed by atoms with Crippen LogP contribution < -0.4 is 15.4 Å². The van der Waals surface area contributed by atoms with Gasteiger partial charge in [0.15, 0.2) is 23.6 Å². The molecule has 4 heterocycles. The van der Waals surface area contributed by atoms with Crippen molar-refractivity contribution in [1.29, 1.82) is 0 Å². The molecule has 1 fully saturated rings. The molecule has 2 N–H and O–H groups in total. The number of ether oxygens (including phenoxy) is 1. The zero-order valence-corrected chi connectivity index (χ0v) is 18.3. The van der Waals surface area contributed by atoms with Crippen LogP contribution in [0.1, 0.15) is 0 Å². The summed E-state index contributed by atoms with van der Waals surface area (Å²) in [6, 6.07) is 9.53. The average molecular weight is 466 g/mol. The highest BCUT2D eigenvalue weighted by atomic mass is 32.1. The van der Waals surface area contributed by atoms with Crippen LogP contribution in [-0.4, -0.2) is 63.5 Å². The van der Waals surface area contributed by atoms with Crippen LogP contribution in [0.5, 0.6) is 5.75 Å². The van der Waals surface area contributed by atoms with Gasteiger partial charge in [-0.2, -0.15) is 9.97 Å². The third-order valence-electron chi connectivity index (χ3n) is 5.29. The zero-order chi connectivity index (χ0) is 22.8. The van der Waals surface area contributed by atoms with Gasteiger partial charge in [0.1, 0.15) is 11.6 Å². The lowest BCUT2D eigenvalue weighted by atomic mass is 10.3. The van der Waals surface area contributed by atoms with Gasteiger partial charge in [-0.15, -0.1) is 11.3 Å². The van der Waals surface area contributed by atoms with Crippen molar-refractivity contribution in [2.75, 3.05) is 43.4 Å². The standard InChI is InChI=1S/C22H20FN7O2S/c23-14-3-5-15(6-4-14)32-13-18(31)29-7-9-30(10-8-29)21-19-20(27-22(24)28-21)25-12-16(26-19)17-2-1-11-33-17/h1-6,11-12H,7-10,13H2,(H2,24,25,27,28). The number of carbonyl (C=O) groups excluding carboxylic acids is 1. The lowest BCUT2D eigenvalue weighted by Crippen LogP contribution is -2.50. The van der Waals surface area contributed by atoms with Crippen LogP contribution in [0.4, 0.5) is 16.2 Å². The quantitative estimate of drug-likeness (QED) is 0.479. The summed E-state index contributed by atoms with van der Waals surface area (Å²) in [5.74, 6) is 0.701. The predicted octanol–water partition coefficient (Wildman–Crippen LogP) is 2.60. The van der Waals surface area contributed by atoms with E-state index in [1.807, 2.05) is 22.4 Å². The van der Waals surface area contributed by atoms with Gasteiger partial charge in [-0.3, -0.25) is 4.79 Å². The van der Waals surface area contributed by atoms with E-state index in [1.165, 1.54) is 24.3 Å². The summed E-state index contributed by atoms with van der Waals surface area (Å²) in [5.41, 5.74) is 7.69. The van der Waals surface area contributed by atoms with Crippen LogP contribution in [0, 0.1) is 5.82 Å². The number of nitrogens with zero attached hydrogens (tertiary/aromatic N) is 6. The van der Waals surface area contributed by atoms with Crippen LogP contribution in [-0.2, 0) is 4.79 Å². The first-order chi connectivity index (χ1) is 16.1. The minimum Gasteiger partial charge on any atom is -0.484 e. The number of nitrogen functional groups attached to an aromatic ring is 1. The minimum atomic E-state index is -0.352. The number of fused-ring (bicyclic) bond motifs is 1. The normalized spacial score (nSPS) is 14.0. The monoisotopic (exact) mass is 465 g/mol. The van der Waals surface area contributed by atoms with Gasteiger partial charge in [-0.1, -0.05) is 6.07 Å². The van der Waals surface area contributed by atoms with Gasteiger partial charge in [0.25, 0.3) is 5.91 Å². The first-order valence-corrected chi connectivity index (χ1v) is 11.2. The maximum atomic E-state index is 13.0. The Morgan fingerprint density at radius 1 is 1.09 bits per heavy atom. The summed E-state index contributed by atoms with van der Waals surface area (Å²) in [6.45, 7) is 1.99. The summed E-state index contributed by atoms with van der Waals surface area (Å²) < 4.78 is 18.5. The van der Waals surface area contributed by atoms with Gasteiger partial charge < -0.3 is 20.3 Å². The largest absolute Gasteiger partial charge is 0.484 e. The molecule has 4 aromatic rings. The number of anilines is 2. The second-order valence-corrected chi connectivity index (χ2v) is 8.37. The SMILES string of the molecule is Nc1nc(N2CCN(C(=O)COc3ccc(F)cc3)CC2)c2nc(-c3cccs3)cnc2n1. The van der Waals surface area contributed by atoms with Crippen molar-refractivity contribution in [1.82, 2.24) is 24.8 Å². The van der Waals surface area contributed by atoms with Crippen molar-refractivity contribution >= 4 is 40.2 Å². The van der Waals surface area contributed by atoms with Crippen molar-refractivity contribution < 1.29 is 13.9 Å². The molecule has 5 rings (SSSR count). The molecular weight excluding hydrogens is 445 g/mol. The highest BCUT2D eigenvalue weighted by Gasteiger charge is 2.25. The Labute approximate surface area is 192 Å². The third-order valence-corrected chi connectivity index (χ3v) is 6.18. The zero-order valence-electron chi connectivity index (χ0n) is 17.5. The number of hydrogen-bond donors (Lipinski definition) is 1. The molecule has 0 aliphatic carbocycles. The molecule has 0 spiro atoms. The van der Waals surface area contributed by atoms with E-state index in [0.29, 0.717) is 48.9 Å². The number of piperazine rings is 1. The second-order valence-electron chi connectivity index (χ2n) is 7.42. The topological polar surface area (TPSA) is 110 Å². The number of benzene rings is 1. The van der Waals surface area contributed by atoms with Gasteiger partial charge in [-0.05, 0) is 35.7 Å². The molecule has 0 atom stereocenters. The summed E-state index contributed by atoms with van der Waals surface area (Å²) >= 11 is 1.58. The molecule has 0 saturated carbocycles. The Bertz CT molecular complexity index is 1280. The molecule has 1 saturated heterocycles. The Morgan fingerprint density at radius 2 is 1.88 bits per heavy atom. The van der Waals surface area contributed by atoms with Crippen molar-refractivity contribution in [2.24, 2.45) is 0 Å². The number of hydrogen-bond acceptors (Lipinski definition) is 9. The Kier molecular flexibility index (Phi) is 5.69. The van der Waals surface area contributed by atoms with E-state index in [-0.39, 0.29) is 24.3 Å². The van der Waals surface area contributed by atoms with Crippen molar-refractivity contribution in [2.45, 2.75) is 0 Å². The fraction of sp³-hybridized carbons (Fsp3) is 0.227. The van der Waals surface area contributed by atoms with E-state index in [9.17, 15) is 9.18 Å². The van der Waals surface area contributed by atoms with Crippen molar-refractivity contribution in [3.8, 4) is 16.3 Å². The molecule has 0 bridgehead atoms. The number of carbonyl (C=O) groups is 1. The van der Waals surface area contributed by atoms with E-state index in [2.05, 4.69) is 15.0 Å². The number of nitrogens with two attached hydrogens (primary N) is 1. The van der Waals surface area contributed by atoms with Gasteiger partial charge in [0.05, 0.1) is 16.8 Å². The van der Waals surface area contributed by atoms with Gasteiger partial charge in [0.2, 0.25) is 5.95 Å². The van der Waals surface area contributed by atoms with Crippen LogP contribution in [0.15, 0.2) is 48.0 Å². The first-order valence-electron chi connectivity index (χ1n) is 10.3. The van der Waals surface area contributed by atoms with Crippen LogP contribution >= 0.6 is 11.3 Å². The predicted molar refractivity (Wildman–Crippen MR) is 124 cm³/mol. The van der Waals surface area contributed by atoms with Crippen LogP contribution in [0.25, 0.3) is 21.7 Å². The van der Waals surface area contributed by atoms with E-state index < -0.39 is 0 Å². The van der Waals surface area contributed by atoms with Gasteiger partial charge >= 0.3 is 0 Å². The molecule has 9 nitrogen and oxygen atoms in total. The molecule has 0 unspecified atom stereocenters. The second kappa shape index (κ2) is 8.94. The fourth-order valence-electron chi connectivity index (χ4n) is 3.61. The maximum Gasteiger partial charge on any atom is 0.260 e. The minimum absolute atomic E-state index is 0.106. The highest BCUT2D eigenvalue weighted by Crippen LogP contribution is 2.28. The molecular formula is C22H20FN7O2S.